The highest BCUT2D eigenvalue weighted by molar-refractivity contribution is 5.16. The Morgan fingerprint density at radius 2 is 0.829 bits per heavy atom. The lowest BCUT2D eigenvalue weighted by molar-refractivity contribution is -0.453. The Hall–Kier alpha value is -1.64. The van der Waals surface area contributed by atoms with Gasteiger partial charge < -0.3 is 0 Å². The smallest absolute Gasteiger partial charge is 0.200 e. The van der Waals surface area contributed by atoms with Gasteiger partial charge in [-0.2, -0.15) is 70.2 Å². The summed E-state index contributed by atoms with van der Waals surface area (Å²) in [5, 5.41) is 0. The SMILES string of the molecule is C=CCCC(F)(F)C(F)(F)C(F)(F)C(F)(F)C(F)(F)C(F)(F)C(F)(F)C(F)(F)CCCCC=CC. The van der Waals surface area contributed by atoms with Crippen LogP contribution >= 0.6 is 0 Å². The summed E-state index contributed by atoms with van der Waals surface area (Å²) in [5.41, 5.74) is 0. The molecule has 0 rings (SSSR count). The first-order chi connectivity index (χ1) is 15.4. The van der Waals surface area contributed by atoms with E-state index in [0.29, 0.717) is 6.08 Å². The van der Waals surface area contributed by atoms with Crippen LogP contribution in [0.3, 0.4) is 0 Å². The molecule has 0 amide bonds. The van der Waals surface area contributed by atoms with Gasteiger partial charge in [0, 0.05) is 12.8 Å². The third kappa shape index (κ3) is 5.39. The molecule has 0 aromatic heterocycles. The molecule has 0 nitrogen and oxygen atoms in total. The third-order valence-corrected chi connectivity index (χ3v) is 4.90. The number of hydrogen-bond acceptors (Lipinski definition) is 0. The summed E-state index contributed by atoms with van der Waals surface area (Å²) in [7, 11) is 0. The van der Waals surface area contributed by atoms with Crippen LogP contribution in [0.5, 0.6) is 0 Å². The Balaban J connectivity index is 6.40. The van der Waals surface area contributed by atoms with E-state index in [1.165, 1.54) is 19.1 Å². The van der Waals surface area contributed by atoms with Crippen LogP contribution in [0.4, 0.5) is 70.2 Å². The van der Waals surface area contributed by atoms with Crippen LogP contribution in [0.15, 0.2) is 24.8 Å². The number of unbranched alkanes of at least 4 members (excludes halogenated alkanes) is 2. The van der Waals surface area contributed by atoms with Crippen molar-refractivity contribution in [3.8, 4) is 0 Å². The Bertz CT molecular complexity index is 735. The van der Waals surface area contributed by atoms with Gasteiger partial charge in [-0.15, -0.1) is 6.58 Å². The largest absolute Gasteiger partial charge is 0.384 e. The molecule has 0 aliphatic rings. The molecule has 0 aliphatic carbocycles. The zero-order valence-corrected chi connectivity index (χ0v) is 17.7. The number of rotatable bonds is 15. The summed E-state index contributed by atoms with van der Waals surface area (Å²) < 4.78 is 219. The molecule has 0 heterocycles. The predicted molar refractivity (Wildman–Crippen MR) is 92.3 cm³/mol. The molecule has 0 saturated heterocycles. The Morgan fingerprint density at radius 3 is 1.17 bits per heavy atom. The van der Waals surface area contributed by atoms with Crippen molar-refractivity contribution < 1.29 is 70.2 Å². The van der Waals surface area contributed by atoms with E-state index in [4.69, 9.17) is 0 Å². The van der Waals surface area contributed by atoms with Crippen molar-refractivity contribution in [2.24, 2.45) is 0 Å². The molecule has 0 unspecified atom stereocenters. The van der Waals surface area contributed by atoms with Crippen LogP contribution in [0, 0.1) is 0 Å². The van der Waals surface area contributed by atoms with Gasteiger partial charge >= 0.3 is 47.4 Å². The zero-order valence-electron chi connectivity index (χ0n) is 17.7. The lowest BCUT2D eigenvalue weighted by atomic mass is 9.86. The fourth-order valence-electron chi connectivity index (χ4n) is 2.62. The molecule has 0 aliphatic heterocycles. The molecule has 16 heteroatoms. The minimum Gasteiger partial charge on any atom is -0.200 e. The van der Waals surface area contributed by atoms with E-state index in [1.54, 1.807) is 0 Å². The van der Waals surface area contributed by atoms with Crippen molar-refractivity contribution >= 4 is 0 Å². The molecular formula is C19H20F16. The van der Waals surface area contributed by atoms with Gasteiger partial charge in [0.25, 0.3) is 0 Å². The van der Waals surface area contributed by atoms with Gasteiger partial charge in [-0.3, -0.25) is 0 Å². The highest BCUT2D eigenvalue weighted by atomic mass is 19.4. The highest BCUT2D eigenvalue weighted by Gasteiger charge is 2.94. The number of alkyl halides is 16. The fraction of sp³-hybridized carbons (Fsp3) is 0.789. The lowest BCUT2D eigenvalue weighted by Crippen LogP contribution is -2.74. The average Bonchev–Trinajstić information content (AvgIpc) is 2.70. The first-order valence-electron chi connectivity index (χ1n) is 9.62. The van der Waals surface area contributed by atoms with Gasteiger partial charge in [-0.1, -0.05) is 18.2 Å². The molecule has 0 fully saturated rings. The first-order valence-corrected chi connectivity index (χ1v) is 9.62. The van der Waals surface area contributed by atoms with Crippen molar-refractivity contribution in [1.82, 2.24) is 0 Å². The van der Waals surface area contributed by atoms with Gasteiger partial charge in [0.15, 0.2) is 0 Å². The summed E-state index contributed by atoms with van der Waals surface area (Å²) in [6.07, 6.45) is -4.51. The monoisotopic (exact) mass is 552 g/mol. The Morgan fingerprint density at radius 1 is 0.486 bits per heavy atom. The second-order valence-electron chi connectivity index (χ2n) is 7.50. The second kappa shape index (κ2) is 10.4. The quantitative estimate of drug-likeness (QED) is 0.108. The van der Waals surface area contributed by atoms with Crippen LogP contribution in [0.2, 0.25) is 0 Å². The topological polar surface area (TPSA) is 0 Å². The maximum atomic E-state index is 13.8. The number of halogens is 16. The van der Waals surface area contributed by atoms with Gasteiger partial charge in [0.2, 0.25) is 0 Å². The van der Waals surface area contributed by atoms with E-state index in [1.807, 2.05) is 0 Å². The molecular weight excluding hydrogens is 532 g/mol. The average molecular weight is 552 g/mol. The van der Waals surface area contributed by atoms with Crippen LogP contribution in [-0.2, 0) is 0 Å². The molecule has 0 N–H and O–H groups in total. The zero-order chi connectivity index (χ0) is 28.4. The van der Waals surface area contributed by atoms with E-state index >= 15 is 0 Å². The first kappa shape index (κ1) is 33.4. The van der Waals surface area contributed by atoms with E-state index < -0.39 is 79.5 Å². The molecule has 0 spiro atoms. The van der Waals surface area contributed by atoms with E-state index in [-0.39, 0.29) is 6.42 Å². The van der Waals surface area contributed by atoms with Crippen LogP contribution < -0.4 is 0 Å². The van der Waals surface area contributed by atoms with Crippen LogP contribution in [0.1, 0.15) is 45.4 Å². The van der Waals surface area contributed by atoms with E-state index in [2.05, 4.69) is 6.58 Å². The van der Waals surface area contributed by atoms with E-state index in [9.17, 15) is 70.2 Å². The summed E-state index contributed by atoms with van der Waals surface area (Å²) >= 11 is 0. The van der Waals surface area contributed by atoms with Crippen LogP contribution in [0.25, 0.3) is 0 Å². The third-order valence-electron chi connectivity index (χ3n) is 4.90. The molecule has 0 aromatic rings. The maximum absolute atomic E-state index is 13.8. The van der Waals surface area contributed by atoms with Crippen molar-refractivity contribution in [3.63, 3.8) is 0 Å². The van der Waals surface area contributed by atoms with Gasteiger partial charge in [0.05, 0.1) is 0 Å². The lowest BCUT2D eigenvalue weighted by Gasteiger charge is -2.43. The Kier molecular flexibility index (Phi) is 9.90. The van der Waals surface area contributed by atoms with Gasteiger partial charge in [-0.05, 0) is 32.6 Å². The molecule has 0 radical (unpaired) electrons. The predicted octanol–water partition coefficient (Wildman–Crippen LogP) is 9.17. The summed E-state index contributed by atoms with van der Waals surface area (Å²) in [6, 6.07) is 0. The number of hydrogen-bond donors (Lipinski definition) is 0. The minimum absolute atomic E-state index is 0.0792. The second-order valence-corrected chi connectivity index (χ2v) is 7.50. The highest BCUT2D eigenvalue weighted by Crippen LogP contribution is 2.64. The summed E-state index contributed by atoms with van der Waals surface area (Å²) in [6.45, 7) is 4.17. The molecule has 0 saturated carbocycles. The fourth-order valence-corrected chi connectivity index (χ4v) is 2.62. The minimum atomic E-state index is -8.37. The normalized spacial score (nSPS) is 15.7. The molecule has 0 aromatic carbocycles. The van der Waals surface area contributed by atoms with Crippen molar-refractivity contribution in [3.05, 3.63) is 24.8 Å². The standard InChI is InChI=1S/C19H20F16/c1-3-5-7-8-9-11-13(22,23)15(26,27)17(30,31)19(34,35)18(32,33)16(28,29)14(24,25)12(20,21)10-6-4-2/h3-5H,2,6-11H2,1H3. The molecule has 0 bridgehead atoms. The van der Waals surface area contributed by atoms with Crippen LogP contribution in [-0.4, -0.2) is 47.4 Å². The number of allylic oxidation sites excluding steroid dienone is 3. The van der Waals surface area contributed by atoms with Crippen molar-refractivity contribution in [2.75, 3.05) is 0 Å². The Labute approximate surface area is 189 Å². The summed E-state index contributed by atoms with van der Waals surface area (Å²) in [4.78, 5) is 0. The van der Waals surface area contributed by atoms with Crippen molar-refractivity contribution in [2.45, 2.75) is 92.8 Å². The van der Waals surface area contributed by atoms with E-state index in [0.717, 1.165) is 0 Å². The molecule has 208 valence electrons. The van der Waals surface area contributed by atoms with Gasteiger partial charge in [0.1, 0.15) is 0 Å². The maximum Gasteiger partial charge on any atom is 0.384 e. The summed E-state index contributed by atoms with van der Waals surface area (Å²) in [5.74, 6) is -60.4. The van der Waals surface area contributed by atoms with Gasteiger partial charge in [-0.25, -0.2) is 0 Å². The van der Waals surface area contributed by atoms with Crippen molar-refractivity contribution in [1.29, 1.82) is 0 Å². The molecule has 35 heavy (non-hydrogen) atoms. The molecule has 0 atom stereocenters.